The monoisotopic (exact) mass is 440 g/mol. The summed E-state index contributed by atoms with van der Waals surface area (Å²) < 4.78 is 4.70. The molecule has 30 heavy (non-hydrogen) atoms. The molecule has 0 aliphatic heterocycles. The summed E-state index contributed by atoms with van der Waals surface area (Å²) in [5.74, 6) is -1.07. The second-order valence-corrected chi connectivity index (χ2v) is 5.47. The van der Waals surface area contributed by atoms with Crippen LogP contribution < -0.4 is 16.4 Å². The van der Waals surface area contributed by atoms with Gasteiger partial charge in [0.1, 0.15) is 11.5 Å². The fraction of sp³-hybridized carbons (Fsp3) is 0.188. The van der Waals surface area contributed by atoms with E-state index in [1.165, 1.54) is 24.3 Å². The van der Waals surface area contributed by atoms with Crippen molar-refractivity contribution < 1.29 is 24.2 Å². The molecule has 0 saturated heterocycles. The van der Waals surface area contributed by atoms with Crippen molar-refractivity contribution in [3.63, 3.8) is 0 Å². The van der Waals surface area contributed by atoms with E-state index in [0.717, 1.165) is 6.07 Å². The number of carbonyl (C=O) groups is 2. The van der Waals surface area contributed by atoms with Crippen LogP contribution in [0.4, 0.5) is 33.5 Å². The number of nitro groups is 2. The number of non-ortho nitro benzene ring substituents is 1. The van der Waals surface area contributed by atoms with Gasteiger partial charge in [-0.15, -0.1) is 12.4 Å². The van der Waals surface area contributed by atoms with E-state index in [-0.39, 0.29) is 48.3 Å². The summed E-state index contributed by atoms with van der Waals surface area (Å²) in [6, 6.07) is 6.01. The molecular weight excluding hydrogens is 424 g/mol. The number of nitro benzene ring substituents is 1. The highest BCUT2D eigenvalue weighted by Crippen LogP contribution is 2.32. The summed E-state index contributed by atoms with van der Waals surface area (Å²) in [5.41, 5.74) is 4.87. The lowest BCUT2D eigenvalue weighted by atomic mass is 10.1. The predicted octanol–water partition coefficient (Wildman–Crippen LogP) is 2.77. The number of hydrogen-bond acceptors (Lipinski definition) is 10. The number of ketones is 1. The molecule has 0 aliphatic rings. The van der Waals surface area contributed by atoms with Crippen LogP contribution in [0.2, 0.25) is 0 Å². The highest BCUT2D eigenvalue weighted by molar-refractivity contribution is 5.99. The largest absolute Gasteiger partial charge is 0.450 e. The topological polar surface area (TPSA) is 193 Å². The molecule has 2 rings (SSSR count). The van der Waals surface area contributed by atoms with Crippen LogP contribution in [0.3, 0.4) is 0 Å². The highest BCUT2D eigenvalue weighted by atomic mass is 35.5. The first-order valence-corrected chi connectivity index (χ1v) is 8.13. The fourth-order valence-electron chi connectivity index (χ4n) is 2.27. The predicted molar refractivity (Wildman–Crippen MR) is 109 cm³/mol. The van der Waals surface area contributed by atoms with Crippen LogP contribution in [0, 0.1) is 20.2 Å². The molecule has 2 aromatic rings. The Kier molecular flexibility index (Phi) is 8.43. The Morgan fingerprint density at radius 1 is 1.17 bits per heavy atom. The molecule has 1 aromatic carbocycles. The third-order valence-corrected chi connectivity index (χ3v) is 3.55. The van der Waals surface area contributed by atoms with Crippen molar-refractivity contribution in [2.75, 3.05) is 29.5 Å². The molecule has 0 unspecified atom stereocenters. The van der Waals surface area contributed by atoms with Gasteiger partial charge in [0.05, 0.1) is 23.0 Å². The molecule has 1 amide bonds. The number of ether oxygens (including phenoxy) is 1. The van der Waals surface area contributed by atoms with Gasteiger partial charge in [-0.3, -0.25) is 30.3 Å². The maximum atomic E-state index is 12.3. The molecule has 0 radical (unpaired) electrons. The van der Waals surface area contributed by atoms with Crippen molar-refractivity contribution in [1.82, 2.24) is 4.98 Å². The number of carbonyl (C=O) groups excluding carboxylic acids is 2. The van der Waals surface area contributed by atoms with E-state index in [1.54, 1.807) is 6.92 Å². The molecule has 14 heteroatoms. The molecule has 0 fully saturated rings. The molecular formula is C16H17ClN6O7. The minimum absolute atomic E-state index is 0. The minimum Gasteiger partial charge on any atom is -0.450 e. The summed E-state index contributed by atoms with van der Waals surface area (Å²) in [7, 11) is 0. The van der Waals surface area contributed by atoms with Gasteiger partial charge in [0.2, 0.25) is 5.82 Å². The molecule has 13 nitrogen and oxygen atoms in total. The number of pyridine rings is 1. The quantitative estimate of drug-likeness (QED) is 0.312. The van der Waals surface area contributed by atoms with Gasteiger partial charge in [-0.05, 0) is 19.1 Å². The Morgan fingerprint density at radius 2 is 1.80 bits per heavy atom. The zero-order valence-electron chi connectivity index (χ0n) is 15.5. The van der Waals surface area contributed by atoms with Crippen molar-refractivity contribution in [3.8, 4) is 0 Å². The lowest BCUT2D eigenvalue weighted by molar-refractivity contribution is -0.384. The van der Waals surface area contributed by atoms with Crippen molar-refractivity contribution >= 4 is 53.0 Å². The zero-order valence-corrected chi connectivity index (χ0v) is 16.3. The molecule has 0 aliphatic carbocycles. The number of hydrogen-bond donors (Lipinski definition) is 3. The van der Waals surface area contributed by atoms with E-state index >= 15 is 0 Å². The van der Waals surface area contributed by atoms with Gasteiger partial charge in [0.25, 0.3) is 5.69 Å². The highest BCUT2D eigenvalue weighted by Gasteiger charge is 2.23. The average Bonchev–Trinajstić information content (AvgIpc) is 2.65. The smallest absolute Gasteiger partial charge is 0.412 e. The number of benzene rings is 1. The molecule has 0 saturated carbocycles. The normalized spacial score (nSPS) is 9.77. The number of nitrogens with one attached hydrogen (secondary N) is 2. The number of halogens is 1. The number of aromatic nitrogens is 1. The fourth-order valence-corrected chi connectivity index (χ4v) is 2.27. The van der Waals surface area contributed by atoms with E-state index < -0.39 is 33.2 Å². The van der Waals surface area contributed by atoms with Crippen molar-refractivity contribution in [1.29, 1.82) is 0 Å². The van der Waals surface area contributed by atoms with E-state index in [9.17, 15) is 29.8 Å². The number of Topliss-reactive ketones (excluding diaryl/α,β-unsaturated/α-hetero) is 1. The van der Waals surface area contributed by atoms with Gasteiger partial charge >= 0.3 is 11.8 Å². The van der Waals surface area contributed by atoms with Crippen LogP contribution in [0.1, 0.15) is 17.3 Å². The van der Waals surface area contributed by atoms with Crippen molar-refractivity contribution in [3.05, 3.63) is 56.1 Å². The van der Waals surface area contributed by atoms with Crippen LogP contribution in [0.25, 0.3) is 0 Å². The first kappa shape index (κ1) is 24.0. The van der Waals surface area contributed by atoms with E-state index in [2.05, 4.69) is 15.6 Å². The maximum absolute atomic E-state index is 12.3. The van der Waals surface area contributed by atoms with E-state index in [4.69, 9.17) is 10.5 Å². The van der Waals surface area contributed by atoms with Crippen molar-refractivity contribution in [2.45, 2.75) is 6.92 Å². The Labute approximate surface area is 175 Å². The molecule has 1 heterocycles. The number of nitrogen functional groups attached to an aromatic ring is 1. The third-order valence-electron chi connectivity index (χ3n) is 3.55. The second kappa shape index (κ2) is 10.5. The average molecular weight is 441 g/mol. The maximum Gasteiger partial charge on any atom is 0.412 e. The van der Waals surface area contributed by atoms with Gasteiger partial charge in [-0.1, -0.05) is 0 Å². The van der Waals surface area contributed by atoms with E-state index in [0.29, 0.717) is 0 Å². The summed E-state index contributed by atoms with van der Waals surface area (Å²) in [4.78, 5) is 48.1. The first-order valence-electron chi connectivity index (χ1n) is 8.13. The van der Waals surface area contributed by atoms with Gasteiger partial charge in [-0.25, -0.2) is 9.78 Å². The van der Waals surface area contributed by atoms with Crippen LogP contribution >= 0.6 is 12.4 Å². The first-order chi connectivity index (χ1) is 13.7. The summed E-state index contributed by atoms with van der Waals surface area (Å²) in [6.07, 6.45) is -0.832. The van der Waals surface area contributed by atoms with E-state index in [1.807, 2.05) is 0 Å². The Morgan fingerprint density at radius 3 is 2.33 bits per heavy atom. The number of nitrogens with zero attached hydrogens (tertiary/aromatic N) is 3. The number of amides is 1. The lowest BCUT2D eigenvalue weighted by Gasteiger charge is -2.11. The number of anilines is 3. The van der Waals surface area contributed by atoms with Gasteiger partial charge < -0.3 is 15.8 Å². The summed E-state index contributed by atoms with van der Waals surface area (Å²) in [6.45, 7) is 1.32. The lowest BCUT2D eigenvalue weighted by Crippen LogP contribution is -2.18. The zero-order chi connectivity index (χ0) is 21.6. The number of rotatable bonds is 8. The van der Waals surface area contributed by atoms with Crippen LogP contribution in [-0.2, 0) is 4.74 Å². The second-order valence-electron chi connectivity index (χ2n) is 5.47. The van der Waals surface area contributed by atoms with Crippen molar-refractivity contribution in [2.24, 2.45) is 0 Å². The summed E-state index contributed by atoms with van der Waals surface area (Å²) in [5, 5.41) is 26.8. The van der Waals surface area contributed by atoms with Crippen LogP contribution in [0.15, 0.2) is 30.3 Å². The third kappa shape index (κ3) is 6.00. The molecule has 0 spiro atoms. The Hall–Kier alpha value is -4.00. The SMILES string of the molecule is CCOC(=O)Nc1cc(NCC(=O)c2ccc([N+](=O)[O-])cc2)c([N+](=O)[O-])c(N)n1.Cl. The molecule has 0 atom stereocenters. The minimum atomic E-state index is -0.832. The number of nitrogens with two attached hydrogens (primary N) is 1. The molecule has 0 bridgehead atoms. The van der Waals surface area contributed by atoms with Crippen LogP contribution in [-0.4, -0.2) is 39.9 Å². The van der Waals surface area contributed by atoms with Crippen LogP contribution in [0.5, 0.6) is 0 Å². The standard InChI is InChI=1S/C16H16N6O7.ClH/c1-2-29-16(24)20-13-7-11(14(22(27)28)15(17)19-13)18-8-12(23)9-3-5-10(6-4-9)21(25)26;/h3-7H,2,8H2,1H3,(H4,17,18,19,20,24);1H. The van der Waals surface area contributed by atoms with Gasteiger partial charge in [0.15, 0.2) is 5.78 Å². The molecule has 4 N–H and O–H groups in total. The molecule has 160 valence electrons. The molecule has 1 aromatic heterocycles. The Balaban J connectivity index is 0.00000450. The van der Waals surface area contributed by atoms with Gasteiger partial charge in [0, 0.05) is 23.8 Å². The van der Waals surface area contributed by atoms with Gasteiger partial charge in [-0.2, -0.15) is 0 Å². The summed E-state index contributed by atoms with van der Waals surface area (Å²) >= 11 is 0. The Bertz CT molecular complexity index is 967.